The molecule has 2 fully saturated rings. The largest absolute Gasteiger partial charge is 0.462 e. The van der Waals surface area contributed by atoms with E-state index in [2.05, 4.69) is 12.2 Å². The van der Waals surface area contributed by atoms with Gasteiger partial charge < -0.3 is 10.1 Å². The maximum Gasteiger partial charge on any atom is 0.326 e. The van der Waals surface area contributed by atoms with Gasteiger partial charge >= 0.3 is 16.9 Å². The maximum atomic E-state index is 12.7. The Morgan fingerprint density at radius 3 is 2.65 bits per heavy atom. The Labute approximate surface area is 155 Å². The van der Waals surface area contributed by atoms with E-state index in [0.717, 1.165) is 34.8 Å². The maximum absolute atomic E-state index is 12.7. The molecule has 1 aliphatic heterocycles. The summed E-state index contributed by atoms with van der Waals surface area (Å²) in [6, 6.07) is -0.536. The number of carbonyl (C=O) groups is 3. The van der Waals surface area contributed by atoms with Crippen LogP contribution in [0.1, 0.15) is 38.3 Å². The van der Waals surface area contributed by atoms with Crippen molar-refractivity contribution in [2.45, 2.75) is 51.6 Å². The fourth-order valence-corrected chi connectivity index (χ4v) is 4.27. The van der Waals surface area contributed by atoms with E-state index in [1.807, 2.05) is 0 Å². The summed E-state index contributed by atoms with van der Waals surface area (Å²) < 4.78 is 6.63. The van der Waals surface area contributed by atoms with Gasteiger partial charge in [0.1, 0.15) is 18.7 Å². The Balaban J connectivity index is 1.53. The van der Waals surface area contributed by atoms with E-state index in [4.69, 9.17) is 4.74 Å². The van der Waals surface area contributed by atoms with Crippen molar-refractivity contribution in [3.05, 3.63) is 20.7 Å². The molecule has 3 rings (SSSR count). The number of aromatic nitrogens is 1. The lowest BCUT2D eigenvalue weighted by Gasteiger charge is -2.33. The van der Waals surface area contributed by atoms with Gasteiger partial charge in [-0.1, -0.05) is 18.3 Å². The third-order valence-corrected chi connectivity index (χ3v) is 6.10. The molecule has 1 aromatic rings. The topological polar surface area (TPSA) is 97.7 Å². The average molecular weight is 381 g/mol. The Bertz CT molecular complexity index is 776. The molecule has 9 heteroatoms. The van der Waals surface area contributed by atoms with Crippen LogP contribution in [0.15, 0.2) is 10.2 Å². The Hall–Kier alpha value is -2.16. The van der Waals surface area contributed by atoms with Crippen molar-refractivity contribution in [2.24, 2.45) is 5.92 Å². The van der Waals surface area contributed by atoms with Crippen molar-refractivity contribution in [3.8, 4) is 0 Å². The number of carbonyl (C=O) groups excluding carboxylic acids is 3. The van der Waals surface area contributed by atoms with Gasteiger partial charge in [-0.25, -0.2) is 4.79 Å². The molecule has 0 atom stereocenters. The fraction of sp³-hybridized carbons (Fsp3) is 0.647. The number of ether oxygens (including phenoxy) is 1. The number of hydrogen-bond acceptors (Lipinski definition) is 6. The summed E-state index contributed by atoms with van der Waals surface area (Å²) in [4.78, 5) is 49.3. The predicted octanol–water partition coefficient (Wildman–Crippen LogP) is 1.26. The first-order chi connectivity index (χ1) is 12.3. The van der Waals surface area contributed by atoms with Gasteiger partial charge in [-0.3, -0.25) is 23.9 Å². The van der Waals surface area contributed by atoms with Gasteiger partial charge in [0.25, 0.3) is 5.91 Å². The third-order valence-electron chi connectivity index (χ3n) is 5.22. The minimum absolute atomic E-state index is 0.0165. The number of thiazole rings is 1. The van der Waals surface area contributed by atoms with E-state index >= 15 is 0 Å². The van der Waals surface area contributed by atoms with E-state index in [1.54, 1.807) is 12.3 Å². The summed E-state index contributed by atoms with van der Waals surface area (Å²) in [5.74, 6) is -0.458. The molecule has 2 heterocycles. The van der Waals surface area contributed by atoms with Crippen LogP contribution in [0.5, 0.6) is 0 Å². The molecule has 0 bridgehead atoms. The van der Waals surface area contributed by atoms with Gasteiger partial charge in [-0.05, 0) is 38.5 Å². The average Bonchev–Trinajstić information content (AvgIpc) is 3.03. The highest BCUT2D eigenvalue weighted by Gasteiger charge is 2.52. The molecule has 1 N–H and O–H groups in total. The Kier molecular flexibility index (Phi) is 5.17. The number of aryl methyl sites for hydroxylation is 1. The highest BCUT2D eigenvalue weighted by molar-refractivity contribution is 7.07. The molecule has 1 saturated carbocycles. The zero-order valence-corrected chi connectivity index (χ0v) is 15.8. The van der Waals surface area contributed by atoms with Crippen LogP contribution in [0.3, 0.4) is 0 Å². The van der Waals surface area contributed by atoms with Crippen LogP contribution in [0, 0.1) is 12.8 Å². The van der Waals surface area contributed by atoms with Gasteiger partial charge in [0.15, 0.2) is 0 Å². The first kappa shape index (κ1) is 18.6. The lowest BCUT2D eigenvalue weighted by Crippen LogP contribution is -2.49. The van der Waals surface area contributed by atoms with Crippen LogP contribution in [0.25, 0.3) is 0 Å². The van der Waals surface area contributed by atoms with Crippen LogP contribution in [-0.4, -0.2) is 46.1 Å². The van der Waals surface area contributed by atoms with Crippen molar-refractivity contribution in [1.82, 2.24) is 14.8 Å². The van der Waals surface area contributed by atoms with Crippen molar-refractivity contribution in [2.75, 3.05) is 13.2 Å². The molecular formula is C17H23N3O5S. The smallest absolute Gasteiger partial charge is 0.326 e. The molecule has 0 unspecified atom stereocenters. The minimum Gasteiger partial charge on any atom is -0.462 e. The minimum atomic E-state index is -0.856. The van der Waals surface area contributed by atoms with Gasteiger partial charge in [-0.2, -0.15) is 0 Å². The molecule has 0 radical (unpaired) electrons. The second kappa shape index (κ2) is 7.22. The SMILES string of the molecule is Cc1csc(=O)n1CCOC(=O)CN1C(=O)NC2(CCC(C)CC2)C1=O. The van der Waals surface area contributed by atoms with E-state index in [9.17, 15) is 19.2 Å². The summed E-state index contributed by atoms with van der Waals surface area (Å²) in [6.45, 7) is 3.80. The molecular weight excluding hydrogens is 358 g/mol. The highest BCUT2D eigenvalue weighted by Crippen LogP contribution is 2.36. The number of nitrogens with one attached hydrogen (secondary N) is 1. The molecule has 1 saturated heterocycles. The van der Waals surface area contributed by atoms with Crippen LogP contribution >= 0.6 is 11.3 Å². The number of hydrogen-bond donors (Lipinski definition) is 1. The normalized spacial score (nSPS) is 25.6. The first-order valence-corrected chi connectivity index (χ1v) is 9.65. The van der Waals surface area contributed by atoms with Crippen LogP contribution < -0.4 is 10.2 Å². The predicted molar refractivity (Wildman–Crippen MR) is 94.9 cm³/mol. The lowest BCUT2D eigenvalue weighted by atomic mass is 9.77. The molecule has 0 aromatic carbocycles. The number of esters is 1. The summed E-state index contributed by atoms with van der Waals surface area (Å²) in [7, 11) is 0. The van der Waals surface area contributed by atoms with E-state index in [1.165, 1.54) is 4.57 Å². The summed E-state index contributed by atoms with van der Waals surface area (Å²) >= 11 is 1.09. The number of amides is 3. The molecule has 1 spiro atoms. The van der Waals surface area contributed by atoms with Gasteiger partial charge in [-0.15, -0.1) is 0 Å². The van der Waals surface area contributed by atoms with Gasteiger partial charge in [0, 0.05) is 11.1 Å². The summed E-state index contributed by atoms with van der Waals surface area (Å²) in [5.41, 5.74) is -0.0519. The molecule has 142 valence electrons. The summed E-state index contributed by atoms with van der Waals surface area (Å²) in [5, 5.41) is 4.51. The van der Waals surface area contributed by atoms with Crippen molar-refractivity contribution >= 4 is 29.2 Å². The molecule has 3 amide bonds. The molecule has 1 aromatic heterocycles. The van der Waals surface area contributed by atoms with Crippen LogP contribution in [0.2, 0.25) is 0 Å². The quantitative estimate of drug-likeness (QED) is 0.612. The Morgan fingerprint density at radius 2 is 2.04 bits per heavy atom. The van der Waals surface area contributed by atoms with E-state index in [0.29, 0.717) is 18.8 Å². The highest BCUT2D eigenvalue weighted by atomic mass is 32.1. The van der Waals surface area contributed by atoms with Gasteiger partial charge in [0.05, 0.1) is 6.54 Å². The van der Waals surface area contributed by atoms with Crippen LogP contribution in [0.4, 0.5) is 4.79 Å². The number of nitrogens with zero attached hydrogens (tertiary/aromatic N) is 2. The standard InChI is InChI=1S/C17H23N3O5S/c1-11-3-5-17(6-4-11)14(22)20(15(23)18-17)9-13(21)25-8-7-19-12(2)10-26-16(19)24/h10-11H,3-9H2,1-2H3,(H,18,23). The van der Waals surface area contributed by atoms with Gasteiger partial charge in [0.2, 0.25) is 0 Å². The second-order valence-corrected chi connectivity index (χ2v) is 7.92. The molecule has 1 aliphatic carbocycles. The van der Waals surface area contributed by atoms with Crippen molar-refractivity contribution in [3.63, 3.8) is 0 Å². The van der Waals surface area contributed by atoms with E-state index in [-0.39, 0.29) is 23.9 Å². The molecule has 8 nitrogen and oxygen atoms in total. The summed E-state index contributed by atoms with van der Waals surface area (Å²) in [6.07, 6.45) is 2.95. The van der Waals surface area contributed by atoms with E-state index < -0.39 is 24.1 Å². The van der Waals surface area contributed by atoms with Crippen molar-refractivity contribution in [1.29, 1.82) is 0 Å². The molecule has 2 aliphatic rings. The molecule has 26 heavy (non-hydrogen) atoms. The third kappa shape index (κ3) is 3.53. The van der Waals surface area contributed by atoms with Crippen molar-refractivity contribution < 1.29 is 19.1 Å². The Morgan fingerprint density at radius 1 is 1.35 bits per heavy atom. The zero-order valence-electron chi connectivity index (χ0n) is 14.9. The number of imide groups is 1. The number of urea groups is 1. The fourth-order valence-electron chi connectivity index (χ4n) is 3.51. The first-order valence-electron chi connectivity index (χ1n) is 8.77. The second-order valence-electron chi connectivity index (χ2n) is 7.10. The number of rotatable bonds is 5. The van der Waals surface area contributed by atoms with Crippen LogP contribution in [-0.2, 0) is 20.9 Å². The zero-order chi connectivity index (χ0) is 18.9. The lowest BCUT2D eigenvalue weighted by molar-refractivity contribution is -0.148. The monoisotopic (exact) mass is 381 g/mol.